The minimum Gasteiger partial charge on any atom is -0.309 e. The third-order valence-corrected chi connectivity index (χ3v) is 16.7. The second kappa shape index (κ2) is 18.3. The lowest BCUT2D eigenvalue weighted by Gasteiger charge is -2.22. The van der Waals surface area contributed by atoms with E-state index in [9.17, 15) is 5.26 Å². The predicted octanol–water partition coefficient (Wildman–Crippen LogP) is 18.5. The summed E-state index contributed by atoms with van der Waals surface area (Å²) in [6, 6.07) is 102. The van der Waals surface area contributed by atoms with Crippen molar-refractivity contribution in [3.05, 3.63) is 285 Å². The number of imidazole rings is 4. The molecule has 0 bridgehead atoms. The van der Waals surface area contributed by atoms with Crippen LogP contribution in [0.4, 0.5) is 0 Å². The van der Waals surface area contributed by atoms with E-state index in [4.69, 9.17) is 9.97 Å². The Morgan fingerprint density at radius 3 is 1.16 bits per heavy atom. The van der Waals surface area contributed by atoms with E-state index >= 15 is 0 Å². The van der Waals surface area contributed by atoms with Crippen molar-refractivity contribution < 1.29 is 0 Å². The summed E-state index contributed by atoms with van der Waals surface area (Å²) in [5.41, 5.74) is 23.1. The SMILES string of the molecule is N#Cc1c(-c2ccc3c(c2)n2c4cc(-c5ccccc5)ccc4nc2n3-c2ccccc2)c(-c2ccccc2)cc(-n2c3ccccc3c3ccccc32)c1-c1ccc2c(c1)n1c3cc(-c4ccccc4)ccc3nc1n2-c1ccccc1. The fourth-order valence-electron chi connectivity index (χ4n) is 13.1. The van der Waals surface area contributed by atoms with Crippen LogP contribution in [-0.2, 0) is 0 Å². The molecule has 0 aliphatic carbocycles. The molecule has 0 radical (unpaired) electrons. The number of rotatable bonds is 8. The van der Waals surface area contributed by atoms with Crippen molar-refractivity contribution in [1.82, 2.24) is 32.5 Å². The van der Waals surface area contributed by atoms with Crippen LogP contribution in [-0.4, -0.2) is 32.5 Å². The van der Waals surface area contributed by atoms with Gasteiger partial charge in [-0.2, -0.15) is 5.26 Å². The van der Waals surface area contributed by atoms with Crippen LogP contribution >= 0.6 is 0 Å². The smallest absolute Gasteiger partial charge is 0.220 e. The standard InChI is InChI=1S/C75H46N8/c76-47-60-72(53-36-40-65-69(44-53)82-67-42-51(48-20-6-1-7-21-48)34-38-61(67)77-74(82)79(65)55-26-12-4-13-27-55)59(50-24-10-3-11-25-50)46-71(81-63-32-18-16-30-57(63)58-31-17-19-33-64(58)81)73(60)54-37-41-66-70(45-54)83-68-43-52(49-22-8-2-9-23-49)35-39-62(68)78-75(83)80(66)56-28-14-5-15-29-56/h1-46H. The Morgan fingerprint density at radius 2 is 0.687 bits per heavy atom. The molecular formula is C75H46N8. The van der Waals surface area contributed by atoms with Crippen molar-refractivity contribution in [2.45, 2.75) is 0 Å². The molecule has 8 nitrogen and oxygen atoms in total. The van der Waals surface area contributed by atoms with E-state index < -0.39 is 0 Å². The largest absolute Gasteiger partial charge is 0.309 e. The number of nitriles is 1. The Balaban J connectivity index is 1.01. The average Bonchev–Trinajstić information content (AvgIpc) is 2.68. The first-order valence-electron chi connectivity index (χ1n) is 28.0. The van der Waals surface area contributed by atoms with Gasteiger partial charge in [-0.3, -0.25) is 17.9 Å². The summed E-state index contributed by atoms with van der Waals surface area (Å²) in [5.74, 6) is 1.61. The minimum absolute atomic E-state index is 0.558. The fourth-order valence-corrected chi connectivity index (χ4v) is 13.1. The maximum atomic E-state index is 12.4. The van der Waals surface area contributed by atoms with Crippen molar-refractivity contribution >= 4 is 77.5 Å². The molecule has 0 saturated carbocycles. The number of nitrogens with zero attached hydrogens (tertiary/aromatic N) is 8. The molecule has 5 heterocycles. The minimum atomic E-state index is 0.558. The average molecular weight is 1060 g/mol. The number of para-hydroxylation sites is 4. The van der Waals surface area contributed by atoms with Crippen molar-refractivity contribution in [2.75, 3.05) is 0 Å². The fraction of sp³-hybridized carbons (Fsp3) is 0. The van der Waals surface area contributed by atoms with Crippen LogP contribution < -0.4 is 0 Å². The van der Waals surface area contributed by atoms with Gasteiger partial charge in [-0.1, -0.05) is 188 Å². The van der Waals surface area contributed by atoms with Gasteiger partial charge in [0.15, 0.2) is 0 Å². The first-order chi connectivity index (χ1) is 41.1. The molecule has 0 fully saturated rings. The van der Waals surface area contributed by atoms with Crippen LogP contribution in [0.1, 0.15) is 5.56 Å². The van der Waals surface area contributed by atoms with Gasteiger partial charge in [0.2, 0.25) is 11.6 Å². The highest BCUT2D eigenvalue weighted by Gasteiger charge is 2.28. The Kier molecular flexibility index (Phi) is 10.2. The van der Waals surface area contributed by atoms with Crippen molar-refractivity contribution in [2.24, 2.45) is 0 Å². The van der Waals surface area contributed by atoms with Crippen molar-refractivity contribution in [1.29, 1.82) is 5.26 Å². The van der Waals surface area contributed by atoms with Crippen LogP contribution in [0.3, 0.4) is 0 Å². The number of fused-ring (bicyclic) bond motifs is 13. The van der Waals surface area contributed by atoms with Gasteiger partial charge in [0, 0.05) is 33.3 Å². The summed E-state index contributed by atoms with van der Waals surface area (Å²) in [5, 5.41) is 14.7. The van der Waals surface area contributed by atoms with Gasteiger partial charge in [0.1, 0.15) is 6.07 Å². The Labute approximate surface area is 476 Å². The van der Waals surface area contributed by atoms with E-state index in [-0.39, 0.29) is 0 Å². The predicted molar refractivity (Wildman–Crippen MR) is 339 cm³/mol. The van der Waals surface area contributed by atoms with E-state index in [0.717, 1.165) is 150 Å². The molecule has 8 heteroatoms. The quantitative estimate of drug-likeness (QED) is 0.152. The van der Waals surface area contributed by atoms with E-state index in [1.165, 1.54) is 0 Å². The lowest BCUT2D eigenvalue weighted by atomic mass is 9.84. The monoisotopic (exact) mass is 1060 g/mol. The molecule has 17 rings (SSSR count). The molecular weight excluding hydrogens is 1010 g/mol. The topological polar surface area (TPSA) is 73.2 Å². The maximum absolute atomic E-state index is 12.4. The zero-order valence-corrected chi connectivity index (χ0v) is 44.6. The molecule has 83 heavy (non-hydrogen) atoms. The third kappa shape index (κ3) is 7.05. The molecule has 0 unspecified atom stereocenters. The zero-order chi connectivity index (χ0) is 54.7. The lowest BCUT2D eigenvalue weighted by Crippen LogP contribution is -2.04. The van der Waals surface area contributed by atoms with Crippen molar-refractivity contribution in [3.63, 3.8) is 0 Å². The number of hydrogen-bond donors (Lipinski definition) is 0. The second-order valence-corrected chi connectivity index (χ2v) is 21.3. The summed E-state index contributed by atoms with van der Waals surface area (Å²) in [7, 11) is 0. The van der Waals surface area contributed by atoms with Gasteiger partial charge < -0.3 is 4.57 Å². The zero-order valence-electron chi connectivity index (χ0n) is 44.6. The second-order valence-electron chi connectivity index (χ2n) is 21.3. The first-order valence-corrected chi connectivity index (χ1v) is 28.0. The van der Waals surface area contributed by atoms with Gasteiger partial charge in [-0.15, -0.1) is 0 Å². The first kappa shape index (κ1) is 46.4. The van der Waals surface area contributed by atoms with E-state index in [1.54, 1.807) is 0 Å². The third-order valence-electron chi connectivity index (χ3n) is 16.7. The van der Waals surface area contributed by atoms with Crippen molar-refractivity contribution in [3.8, 4) is 78.8 Å². The van der Waals surface area contributed by atoms with Gasteiger partial charge in [0.05, 0.1) is 66.4 Å². The van der Waals surface area contributed by atoms with Crippen LogP contribution in [0.15, 0.2) is 279 Å². The molecule has 0 spiro atoms. The van der Waals surface area contributed by atoms with Gasteiger partial charge in [-0.25, -0.2) is 9.97 Å². The normalized spacial score (nSPS) is 11.8. The summed E-state index contributed by atoms with van der Waals surface area (Å²) >= 11 is 0. The van der Waals surface area contributed by atoms with E-state index in [2.05, 4.69) is 295 Å². The van der Waals surface area contributed by atoms with Crippen LogP contribution in [0.2, 0.25) is 0 Å². The van der Waals surface area contributed by atoms with Crippen LogP contribution in [0.25, 0.3) is 150 Å². The Bertz CT molecular complexity index is 5430. The Morgan fingerprint density at radius 1 is 0.289 bits per heavy atom. The molecule has 17 aromatic rings. The highest BCUT2D eigenvalue weighted by Crippen LogP contribution is 2.48. The van der Waals surface area contributed by atoms with Gasteiger partial charge in [-0.05, 0) is 136 Å². The molecule has 5 aromatic heterocycles. The van der Waals surface area contributed by atoms with E-state index in [1.807, 2.05) is 12.1 Å². The number of benzene rings is 12. The Hall–Kier alpha value is -11.5. The summed E-state index contributed by atoms with van der Waals surface area (Å²) in [4.78, 5) is 10.8. The highest BCUT2D eigenvalue weighted by atomic mass is 15.2. The van der Waals surface area contributed by atoms with E-state index in [0.29, 0.717) is 5.56 Å². The van der Waals surface area contributed by atoms with Crippen LogP contribution in [0.5, 0.6) is 0 Å². The summed E-state index contributed by atoms with van der Waals surface area (Å²) in [6.45, 7) is 0. The molecule has 386 valence electrons. The summed E-state index contributed by atoms with van der Waals surface area (Å²) in [6.07, 6.45) is 0. The molecule has 0 amide bonds. The molecule has 0 N–H and O–H groups in total. The molecule has 12 aromatic carbocycles. The number of aromatic nitrogens is 7. The van der Waals surface area contributed by atoms with Gasteiger partial charge in [0.25, 0.3) is 0 Å². The molecule has 0 aliphatic heterocycles. The summed E-state index contributed by atoms with van der Waals surface area (Å²) < 4.78 is 11.5. The maximum Gasteiger partial charge on any atom is 0.220 e. The molecule has 0 atom stereocenters. The highest BCUT2D eigenvalue weighted by molar-refractivity contribution is 6.11. The lowest BCUT2D eigenvalue weighted by molar-refractivity contribution is 1.11. The molecule has 0 aliphatic rings. The van der Waals surface area contributed by atoms with Gasteiger partial charge >= 0.3 is 0 Å². The number of hydrogen-bond acceptors (Lipinski definition) is 3. The van der Waals surface area contributed by atoms with Crippen LogP contribution in [0, 0.1) is 11.3 Å². The molecule has 0 saturated heterocycles.